The molecule has 0 spiro atoms. The third-order valence-corrected chi connectivity index (χ3v) is 4.07. The molecule has 7 heteroatoms. The van der Waals surface area contributed by atoms with Crippen molar-refractivity contribution in [3.63, 3.8) is 0 Å². The molecule has 0 aliphatic carbocycles. The minimum absolute atomic E-state index is 0.0170. The number of rotatable bonds is 1. The maximum Gasteiger partial charge on any atom is 0.315 e. The fourth-order valence-corrected chi connectivity index (χ4v) is 2.87. The van der Waals surface area contributed by atoms with Gasteiger partial charge in [-0.2, -0.15) is 0 Å². The average molecular weight is 318 g/mol. The van der Waals surface area contributed by atoms with E-state index in [1.165, 1.54) is 0 Å². The lowest BCUT2D eigenvalue weighted by atomic mass is 9.93. The number of quaternary nitrogens is 1. The van der Waals surface area contributed by atoms with Gasteiger partial charge in [0.1, 0.15) is 36.0 Å². The molecule has 0 fully saturated rings. The second kappa shape index (κ2) is 5.58. The molecule has 3 heterocycles. The predicted molar refractivity (Wildman–Crippen MR) is 86.5 cm³/mol. The number of esters is 1. The number of carbonyl (C=O) groups is 1. The third-order valence-electron chi connectivity index (χ3n) is 4.07. The van der Waals surface area contributed by atoms with Gasteiger partial charge in [0, 0.05) is 11.8 Å². The first-order chi connectivity index (χ1) is 10.8. The summed E-state index contributed by atoms with van der Waals surface area (Å²) in [5.74, 6) is -0.0113. The topological polar surface area (TPSA) is 81.8 Å². The molecule has 3 aliphatic heterocycles. The molecular weight excluding hydrogens is 296 g/mol. The van der Waals surface area contributed by atoms with Gasteiger partial charge in [0.15, 0.2) is 0 Å². The zero-order valence-electron chi connectivity index (χ0n) is 13.9. The minimum Gasteiger partial charge on any atom is -0.629 e. The first kappa shape index (κ1) is 15.9. The van der Waals surface area contributed by atoms with Crippen LogP contribution in [-0.4, -0.2) is 41.6 Å². The molecule has 3 unspecified atom stereocenters. The largest absolute Gasteiger partial charge is 0.629 e. The van der Waals surface area contributed by atoms with E-state index in [0.29, 0.717) is 13.1 Å². The molecule has 0 amide bonds. The Morgan fingerprint density at radius 1 is 1.48 bits per heavy atom. The van der Waals surface area contributed by atoms with Crippen molar-refractivity contribution < 1.29 is 14.6 Å². The number of ether oxygens (including phenoxy) is 1. The maximum absolute atomic E-state index is 12.3. The highest BCUT2D eigenvalue weighted by molar-refractivity contribution is 5.91. The Balaban J connectivity index is 1.86. The van der Waals surface area contributed by atoms with Crippen molar-refractivity contribution in [1.29, 1.82) is 0 Å². The van der Waals surface area contributed by atoms with E-state index >= 15 is 0 Å². The quantitative estimate of drug-likeness (QED) is 0.567. The minimum atomic E-state index is -0.540. The summed E-state index contributed by atoms with van der Waals surface area (Å²) in [6.45, 7) is 7.83. The van der Waals surface area contributed by atoms with E-state index in [1.54, 1.807) is 18.6 Å². The van der Waals surface area contributed by atoms with E-state index < -0.39 is 11.5 Å². The zero-order valence-corrected chi connectivity index (χ0v) is 13.9. The summed E-state index contributed by atoms with van der Waals surface area (Å²) in [6.07, 6.45) is 5.39. The van der Waals surface area contributed by atoms with E-state index in [1.807, 2.05) is 32.6 Å². The molecule has 3 atom stereocenters. The van der Waals surface area contributed by atoms with Crippen LogP contribution in [0.25, 0.3) is 0 Å². The third kappa shape index (κ3) is 3.07. The van der Waals surface area contributed by atoms with Crippen LogP contribution in [0.4, 0.5) is 0 Å². The van der Waals surface area contributed by atoms with E-state index in [0.717, 1.165) is 17.1 Å². The molecule has 0 radical (unpaired) electrons. The monoisotopic (exact) mass is 318 g/mol. The molecule has 0 aromatic heterocycles. The van der Waals surface area contributed by atoms with Crippen LogP contribution in [0, 0.1) is 11.1 Å². The number of nitrogens with zero attached hydrogens (tertiary/aromatic N) is 3. The van der Waals surface area contributed by atoms with Crippen LogP contribution in [0.15, 0.2) is 33.3 Å². The number of hydroxylamine groups is 2. The highest BCUT2D eigenvalue weighted by Gasteiger charge is 2.36. The van der Waals surface area contributed by atoms with Gasteiger partial charge in [0.05, 0.1) is 12.1 Å². The number of nitrogens with one attached hydrogen (secondary N) is 1. The summed E-state index contributed by atoms with van der Waals surface area (Å²) in [5, 5.41) is 12.4. The second-order valence-corrected chi connectivity index (χ2v) is 7.05. The molecule has 0 aromatic rings. The Morgan fingerprint density at radius 3 is 2.91 bits per heavy atom. The summed E-state index contributed by atoms with van der Waals surface area (Å²) in [4.78, 5) is 22.9. The zero-order chi connectivity index (χ0) is 16.8. The van der Waals surface area contributed by atoms with Crippen molar-refractivity contribution in [1.82, 2.24) is 4.90 Å². The van der Waals surface area contributed by atoms with Crippen molar-refractivity contribution in [2.45, 2.75) is 45.8 Å². The fourth-order valence-electron chi connectivity index (χ4n) is 2.87. The second-order valence-electron chi connectivity index (χ2n) is 7.05. The summed E-state index contributed by atoms with van der Waals surface area (Å²) < 4.78 is 5.45. The summed E-state index contributed by atoms with van der Waals surface area (Å²) >= 11 is 0. The van der Waals surface area contributed by atoms with Crippen molar-refractivity contribution in [2.24, 2.45) is 15.9 Å². The van der Waals surface area contributed by atoms with Gasteiger partial charge in [0.25, 0.3) is 0 Å². The van der Waals surface area contributed by atoms with Crippen LogP contribution in [0.3, 0.4) is 0 Å². The van der Waals surface area contributed by atoms with Gasteiger partial charge in [-0.15, -0.1) is 0 Å². The van der Waals surface area contributed by atoms with E-state index in [-0.39, 0.29) is 17.1 Å². The highest BCUT2D eigenvalue weighted by Crippen LogP contribution is 2.31. The van der Waals surface area contributed by atoms with Gasteiger partial charge in [0.2, 0.25) is 0 Å². The van der Waals surface area contributed by atoms with Crippen molar-refractivity contribution in [3.05, 3.63) is 28.5 Å². The number of aliphatic imine (C=N–C) groups is 2. The summed E-state index contributed by atoms with van der Waals surface area (Å²) in [7, 11) is 0. The fraction of sp³-hybridized carbons (Fsp3) is 0.562. The molecular formula is C16H22N4O3. The first-order valence-corrected chi connectivity index (χ1v) is 7.79. The van der Waals surface area contributed by atoms with E-state index in [4.69, 9.17) is 4.74 Å². The molecule has 0 saturated heterocycles. The van der Waals surface area contributed by atoms with Crippen molar-refractivity contribution in [3.8, 4) is 0 Å². The van der Waals surface area contributed by atoms with Gasteiger partial charge in [-0.3, -0.25) is 9.79 Å². The number of fused-ring (bicyclic) bond motifs is 2. The number of allylic oxidation sites excluding steroid dienone is 1. The summed E-state index contributed by atoms with van der Waals surface area (Å²) in [6, 6.07) is -0.293. The van der Waals surface area contributed by atoms with Gasteiger partial charge >= 0.3 is 5.97 Å². The van der Waals surface area contributed by atoms with Crippen LogP contribution < -0.4 is 5.06 Å². The van der Waals surface area contributed by atoms with E-state index in [2.05, 4.69) is 9.98 Å². The Bertz CT molecular complexity index is 642. The lowest BCUT2D eigenvalue weighted by Gasteiger charge is -2.30. The molecule has 0 saturated carbocycles. The molecule has 7 nitrogen and oxygen atoms in total. The Kier molecular flexibility index (Phi) is 3.85. The molecule has 1 N–H and O–H groups in total. The number of carbonyl (C=O) groups excluding carboxylic acids is 1. The highest BCUT2D eigenvalue weighted by atomic mass is 16.6. The number of hydrogen-bond donors (Lipinski definition) is 1. The van der Waals surface area contributed by atoms with Crippen LogP contribution in [-0.2, 0) is 9.53 Å². The van der Waals surface area contributed by atoms with Crippen LogP contribution in [0.2, 0.25) is 0 Å². The lowest BCUT2D eigenvalue weighted by molar-refractivity contribution is -0.812. The SMILES string of the molecule is CC1C2=C(N=CC(C(=O)OC(C)(C)C)C2)N2CN=CC2=C[NH+]1[O-]. The van der Waals surface area contributed by atoms with Gasteiger partial charge in [-0.25, -0.2) is 4.99 Å². The van der Waals surface area contributed by atoms with Crippen molar-refractivity contribution in [2.75, 3.05) is 6.67 Å². The molecule has 124 valence electrons. The normalized spacial score (nSPS) is 29.9. The Morgan fingerprint density at radius 2 is 2.22 bits per heavy atom. The van der Waals surface area contributed by atoms with E-state index in [9.17, 15) is 10.0 Å². The van der Waals surface area contributed by atoms with Crippen LogP contribution in [0.1, 0.15) is 34.1 Å². The molecule has 0 aromatic carbocycles. The predicted octanol–water partition coefficient (Wildman–Crippen LogP) is 0.601. The standard InChI is InChI=1S/C16H22N4O3/c1-10-13-5-11(15(21)23-16(2,3)4)6-18-14(13)19-9-17-7-12(19)8-20(10)22/h6-8,10-11,20H,5,9H2,1-4H3. The van der Waals surface area contributed by atoms with Gasteiger partial charge < -0.3 is 19.9 Å². The first-order valence-electron chi connectivity index (χ1n) is 7.79. The summed E-state index contributed by atoms with van der Waals surface area (Å²) in [5.41, 5.74) is 1.10. The molecule has 0 bridgehead atoms. The molecule has 3 aliphatic rings. The van der Waals surface area contributed by atoms with Crippen LogP contribution in [0.5, 0.6) is 0 Å². The van der Waals surface area contributed by atoms with Crippen molar-refractivity contribution >= 4 is 18.4 Å². The Labute approximate surface area is 135 Å². The average Bonchev–Trinajstić information content (AvgIpc) is 2.88. The van der Waals surface area contributed by atoms with Crippen LogP contribution >= 0.6 is 0 Å². The lowest BCUT2D eigenvalue weighted by Crippen LogP contribution is -3.06. The smallest absolute Gasteiger partial charge is 0.315 e. The molecule has 23 heavy (non-hydrogen) atoms. The van der Waals surface area contributed by atoms with Gasteiger partial charge in [-0.05, 0) is 34.1 Å². The Hall–Kier alpha value is -1.99. The maximum atomic E-state index is 12.3. The molecule has 3 rings (SSSR count). The number of hydrogen-bond acceptors (Lipinski definition) is 6. The van der Waals surface area contributed by atoms with Gasteiger partial charge in [-0.1, -0.05) is 0 Å².